The third kappa shape index (κ3) is 11.4. The fraction of sp³-hybridized carbons (Fsp3) is 0.585. The zero-order valence-electron chi connectivity index (χ0n) is 34.1. The molecule has 2 unspecified atom stereocenters. The molecule has 2 aliphatic rings. The Bertz CT molecular complexity index is 1980. The van der Waals surface area contributed by atoms with E-state index in [2.05, 4.69) is 33.5 Å². The minimum atomic E-state index is -4.02. The highest BCUT2D eigenvalue weighted by Crippen LogP contribution is 2.43. The summed E-state index contributed by atoms with van der Waals surface area (Å²) < 4.78 is 37.8. The van der Waals surface area contributed by atoms with E-state index in [1.165, 1.54) is 25.0 Å². The first-order valence-electron chi connectivity index (χ1n) is 19.7. The second-order valence-corrected chi connectivity index (χ2v) is 18.9. The van der Waals surface area contributed by atoms with Crippen LogP contribution in [0.2, 0.25) is 5.02 Å². The van der Waals surface area contributed by atoms with Crippen molar-refractivity contribution in [2.24, 2.45) is 5.92 Å². The summed E-state index contributed by atoms with van der Waals surface area (Å²) in [6.45, 7) is 13.5. The molecule has 1 saturated carbocycles. The van der Waals surface area contributed by atoms with E-state index in [-0.39, 0.29) is 54.6 Å². The minimum Gasteiger partial charge on any atom is -0.506 e. The van der Waals surface area contributed by atoms with E-state index < -0.39 is 68.9 Å². The normalized spacial score (nSPS) is 18.7. The number of aliphatic hydroxyl groups is 1. The standard InChI is InChI=1S/C41H58ClN5O10S/c1-8-10-11-12-13-15-29(45-39(53)57-40(3,4)5)38(52)47-23-25(22-26-33-27(43-30(24-48)35(26)49)17-19-32(56-7)34(33)42)16-18-31(47)37(51)44-28(14-9-2)36(50)46-58(54,55)41(6)20-21-41/h8-9,17,19,25,28-29,31,48-49H,1-2,10-16,18,20-24H2,3-7H3,(H,44,51)(H,45,53)(H,46,50)/t25?,28?,29-,31-/m0/s1. The second kappa shape index (κ2) is 19.6. The molecule has 1 saturated heterocycles. The lowest BCUT2D eigenvalue weighted by atomic mass is 9.85. The van der Waals surface area contributed by atoms with Gasteiger partial charge in [-0.2, -0.15) is 0 Å². The molecule has 320 valence electrons. The smallest absolute Gasteiger partial charge is 0.408 e. The molecule has 4 amide bonds. The Morgan fingerprint density at radius 1 is 1.09 bits per heavy atom. The van der Waals surface area contributed by atoms with Crippen molar-refractivity contribution < 1.29 is 47.3 Å². The third-order valence-electron chi connectivity index (χ3n) is 10.6. The Labute approximate surface area is 346 Å². The van der Waals surface area contributed by atoms with E-state index in [0.717, 1.165) is 19.3 Å². The van der Waals surface area contributed by atoms with Crippen LogP contribution >= 0.6 is 11.6 Å². The number of ether oxygens (including phenoxy) is 2. The summed E-state index contributed by atoms with van der Waals surface area (Å²) in [7, 11) is -2.57. The van der Waals surface area contributed by atoms with Crippen molar-refractivity contribution in [2.75, 3.05) is 13.7 Å². The highest BCUT2D eigenvalue weighted by atomic mass is 35.5. The van der Waals surface area contributed by atoms with Crippen molar-refractivity contribution in [1.82, 2.24) is 25.2 Å². The first kappa shape index (κ1) is 46.3. The molecule has 1 aliphatic heterocycles. The highest BCUT2D eigenvalue weighted by molar-refractivity contribution is 7.91. The van der Waals surface area contributed by atoms with E-state index in [9.17, 15) is 37.8 Å². The van der Waals surface area contributed by atoms with Crippen LogP contribution in [0, 0.1) is 5.92 Å². The first-order chi connectivity index (χ1) is 27.3. The average Bonchev–Trinajstić information content (AvgIpc) is 3.92. The largest absolute Gasteiger partial charge is 0.506 e. The number of nitrogens with one attached hydrogen (secondary N) is 3. The van der Waals surface area contributed by atoms with Crippen LogP contribution in [-0.4, -0.2) is 94.5 Å². The predicted octanol–water partition coefficient (Wildman–Crippen LogP) is 5.33. The number of hydrogen-bond acceptors (Lipinski definition) is 11. The Morgan fingerprint density at radius 3 is 2.40 bits per heavy atom. The van der Waals surface area contributed by atoms with Crippen LogP contribution in [0.15, 0.2) is 37.4 Å². The van der Waals surface area contributed by atoms with Gasteiger partial charge in [-0.15, -0.1) is 13.2 Å². The maximum atomic E-state index is 14.8. The summed E-state index contributed by atoms with van der Waals surface area (Å²) in [5.41, 5.74) is -0.0480. The zero-order chi connectivity index (χ0) is 43.0. The van der Waals surface area contributed by atoms with Crippen molar-refractivity contribution in [3.8, 4) is 11.5 Å². The molecule has 2 aromatic rings. The molecule has 1 aromatic carbocycles. The third-order valence-corrected chi connectivity index (χ3v) is 13.1. The lowest BCUT2D eigenvalue weighted by Crippen LogP contribution is -2.61. The number of aromatic hydroxyl groups is 1. The summed E-state index contributed by atoms with van der Waals surface area (Å²) >= 11 is 6.77. The van der Waals surface area contributed by atoms with Gasteiger partial charge in [0.05, 0.1) is 29.0 Å². The van der Waals surface area contributed by atoms with Gasteiger partial charge in [0.15, 0.2) is 0 Å². The van der Waals surface area contributed by atoms with Crippen molar-refractivity contribution in [1.29, 1.82) is 0 Å². The van der Waals surface area contributed by atoms with E-state index in [1.54, 1.807) is 39.0 Å². The molecule has 5 N–H and O–H groups in total. The van der Waals surface area contributed by atoms with Crippen molar-refractivity contribution in [3.05, 3.63) is 53.7 Å². The van der Waals surface area contributed by atoms with Gasteiger partial charge in [-0.25, -0.2) is 18.2 Å². The van der Waals surface area contributed by atoms with Crippen molar-refractivity contribution >= 4 is 56.3 Å². The fourth-order valence-corrected chi connectivity index (χ4v) is 8.71. The van der Waals surface area contributed by atoms with Gasteiger partial charge in [0.1, 0.15) is 40.9 Å². The number of allylic oxidation sites excluding steroid dienone is 1. The van der Waals surface area contributed by atoms with Crippen molar-refractivity contribution in [3.63, 3.8) is 0 Å². The lowest BCUT2D eigenvalue weighted by molar-refractivity contribution is -0.146. The highest BCUT2D eigenvalue weighted by Gasteiger charge is 2.51. The van der Waals surface area contributed by atoms with Crippen LogP contribution in [0.4, 0.5) is 4.79 Å². The van der Waals surface area contributed by atoms with Crippen LogP contribution < -0.4 is 20.1 Å². The van der Waals surface area contributed by atoms with Gasteiger partial charge in [0, 0.05) is 17.5 Å². The second-order valence-electron chi connectivity index (χ2n) is 16.3. The van der Waals surface area contributed by atoms with Gasteiger partial charge in [0.25, 0.3) is 5.91 Å². The Hall–Kier alpha value is -4.41. The van der Waals surface area contributed by atoms with E-state index in [0.29, 0.717) is 47.9 Å². The number of piperidine rings is 1. The molecule has 4 rings (SSSR count). The lowest BCUT2D eigenvalue weighted by Gasteiger charge is -2.41. The number of alkyl carbamates (subject to hydrolysis) is 1. The quantitative estimate of drug-likeness (QED) is 0.0900. The number of likely N-dealkylation sites (tertiary alicyclic amines) is 1. The number of amides is 4. The molecule has 0 spiro atoms. The number of fused-ring (bicyclic) bond motifs is 1. The molecule has 2 fully saturated rings. The molecule has 4 atom stereocenters. The fourth-order valence-electron chi connectivity index (χ4n) is 7.06. The molecule has 15 nitrogen and oxygen atoms in total. The van der Waals surface area contributed by atoms with E-state index in [1.807, 2.05) is 0 Å². The molecule has 2 heterocycles. The maximum Gasteiger partial charge on any atom is 0.408 e. The van der Waals surface area contributed by atoms with Gasteiger partial charge in [-0.05, 0) is 104 Å². The van der Waals surface area contributed by atoms with Gasteiger partial charge < -0.3 is 35.2 Å². The summed E-state index contributed by atoms with van der Waals surface area (Å²) in [4.78, 5) is 61.2. The Morgan fingerprint density at radius 2 is 1.79 bits per heavy atom. The molecular formula is C41H58ClN5O10S. The number of carbonyl (C=O) groups excluding carboxylic acids is 4. The zero-order valence-corrected chi connectivity index (χ0v) is 35.6. The molecule has 0 bridgehead atoms. The molecule has 1 aromatic heterocycles. The topological polar surface area (TPSA) is 214 Å². The predicted molar refractivity (Wildman–Crippen MR) is 221 cm³/mol. The number of unbranched alkanes of at least 4 members (excludes halogenated alkanes) is 3. The Balaban J connectivity index is 1.71. The monoisotopic (exact) mass is 847 g/mol. The number of aliphatic hydroxyl groups excluding tert-OH is 1. The van der Waals surface area contributed by atoms with Crippen LogP contribution in [0.5, 0.6) is 11.5 Å². The number of aromatic nitrogens is 1. The molecule has 1 aliphatic carbocycles. The number of carbonyl (C=O) groups is 4. The van der Waals surface area contributed by atoms with Gasteiger partial charge in [-0.3, -0.25) is 19.1 Å². The van der Waals surface area contributed by atoms with E-state index in [4.69, 9.17) is 21.1 Å². The van der Waals surface area contributed by atoms with Gasteiger partial charge in [0.2, 0.25) is 21.8 Å². The summed E-state index contributed by atoms with van der Waals surface area (Å²) in [5.74, 6) is -2.49. The first-order valence-corrected chi connectivity index (χ1v) is 21.5. The van der Waals surface area contributed by atoms with E-state index >= 15 is 0 Å². The summed E-state index contributed by atoms with van der Waals surface area (Å²) in [6.07, 6.45) is 6.82. The number of halogens is 1. The SMILES string of the molecule is C=CCCCCC[C@H](NC(=O)OC(C)(C)C)C(=O)N1CC(Cc2c(O)c(CO)nc3ccc(OC)c(Cl)c23)CC[C@H]1C(=O)NC(CC=C)C(=O)NS(=O)(=O)C1(C)CC1. The minimum absolute atomic E-state index is 0.0236. The van der Waals surface area contributed by atoms with Crippen LogP contribution in [-0.2, 0) is 42.2 Å². The molecular weight excluding hydrogens is 790 g/mol. The number of pyridine rings is 1. The van der Waals surface area contributed by atoms with Crippen molar-refractivity contribution in [2.45, 2.75) is 133 Å². The number of nitrogens with zero attached hydrogens (tertiary/aromatic N) is 2. The van der Waals surface area contributed by atoms with Crippen LogP contribution in [0.1, 0.15) is 103 Å². The average molecular weight is 848 g/mol. The van der Waals surface area contributed by atoms with Gasteiger partial charge in [-0.1, -0.05) is 36.6 Å². The Kier molecular flexibility index (Phi) is 15.6. The van der Waals surface area contributed by atoms with Crippen LogP contribution in [0.25, 0.3) is 10.9 Å². The number of benzene rings is 1. The molecule has 0 radical (unpaired) electrons. The van der Waals surface area contributed by atoms with Crippen LogP contribution in [0.3, 0.4) is 0 Å². The molecule has 17 heteroatoms. The van der Waals surface area contributed by atoms with Gasteiger partial charge >= 0.3 is 6.09 Å². The number of sulfonamides is 1. The maximum absolute atomic E-state index is 14.8. The number of hydrogen-bond donors (Lipinski definition) is 5. The number of rotatable bonds is 19. The summed E-state index contributed by atoms with van der Waals surface area (Å²) in [6, 6.07) is -0.260. The summed E-state index contributed by atoms with van der Waals surface area (Å²) in [5, 5.41) is 27.4. The molecule has 58 heavy (non-hydrogen) atoms. The number of methoxy groups -OCH3 is 1.